The largest absolute Gasteiger partial charge is 0.497 e. The number of hydrogen-bond donors (Lipinski definition) is 0. The summed E-state index contributed by atoms with van der Waals surface area (Å²) in [6.07, 6.45) is 0.469. The van der Waals surface area contributed by atoms with Gasteiger partial charge in [-0.1, -0.05) is 43.3 Å². The average molecular weight is 251 g/mol. The number of rotatable bonds is 4. The highest BCUT2D eigenvalue weighted by atomic mass is 16.5. The molecule has 2 heteroatoms. The quantitative estimate of drug-likeness (QED) is 0.825. The van der Waals surface area contributed by atoms with Crippen LogP contribution in [0.15, 0.2) is 48.5 Å². The first-order chi connectivity index (χ1) is 9.24. The van der Waals surface area contributed by atoms with Crippen LogP contribution in [0.5, 0.6) is 5.75 Å². The van der Waals surface area contributed by atoms with E-state index >= 15 is 0 Å². The lowest BCUT2D eigenvalue weighted by Gasteiger charge is -2.13. The monoisotopic (exact) mass is 251 g/mol. The van der Waals surface area contributed by atoms with Crippen molar-refractivity contribution in [1.29, 1.82) is 5.26 Å². The van der Waals surface area contributed by atoms with Gasteiger partial charge in [0.25, 0.3) is 0 Å². The van der Waals surface area contributed by atoms with Gasteiger partial charge in [0.1, 0.15) is 5.75 Å². The molecule has 0 aliphatic carbocycles. The number of ether oxygens (including phenoxy) is 1. The van der Waals surface area contributed by atoms with Gasteiger partial charge in [-0.25, -0.2) is 0 Å². The average Bonchev–Trinajstić information content (AvgIpc) is 2.48. The molecule has 0 aliphatic heterocycles. The van der Waals surface area contributed by atoms with E-state index in [1.807, 2.05) is 24.3 Å². The van der Waals surface area contributed by atoms with E-state index in [-0.39, 0.29) is 0 Å². The lowest BCUT2D eigenvalue weighted by atomic mass is 9.92. The molecule has 1 unspecified atom stereocenters. The van der Waals surface area contributed by atoms with Crippen LogP contribution in [0.25, 0.3) is 0 Å². The molecule has 0 saturated carbocycles. The Morgan fingerprint density at radius 1 is 1.00 bits per heavy atom. The van der Waals surface area contributed by atoms with Gasteiger partial charge in [0.05, 0.1) is 19.6 Å². The number of benzene rings is 2. The smallest absolute Gasteiger partial charge is 0.118 e. The van der Waals surface area contributed by atoms with Crippen molar-refractivity contribution in [2.45, 2.75) is 19.3 Å². The second kappa shape index (κ2) is 6.06. The van der Waals surface area contributed by atoms with Crippen LogP contribution in [-0.4, -0.2) is 7.11 Å². The maximum Gasteiger partial charge on any atom is 0.118 e. The molecule has 0 aliphatic rings. The molecule has 2 aromatic rings. The Balaban J connectivity index is 2.18. The third-order valence-electron chi connectivity index (χ3n) is 3.38. The van der Waals surface area contributed by atoms with Crippen LogP contribution < -0.4 is 4.74 Å². The molecular formula is C17H17NO. The zero-order valence-electron chi connectivity index (χ0n) is 11.3. The molecule has 19 heavy (non-hydrogen) atoms. The number of nitriles is 1. The zero-order valence-corrected chi connectivity index (χ0v) is 11.3. The minimum Gasteiger partial charge on any atom is -0.497 e. The molecule has 0 radical (unpaired) electrons. The third-order valence-corrected chi connectivity index (χ3v) is 3.38. The van der Waals surface area contributed by atoms with Gasteiger partial charge in [-0.05, 0) is 28.8 Å². The fraction of sp³-hybridized carbons (Fsp3) is 0.235. The lowest BCUT2D eigenvalue weighted by Crippen LogP contribution is -1.96. The SMILES string of the molecule is COc1ccc(C(C)c2ccc(CC#N)cc2)cc1. The van der Waals surface area contributed by atoms with Gasteiger partial charge in [-0.15, -0.1) is 0 Å². The number of nitrogens with zero attached hydrogens (tertiary/aromatic N) is 1. The maximum atomic E-state index is 8.66. The molecule has 96 valence electrons. The van der Waals surface area contributed by atoms with E-state index in [2.05, 4.69) is 37.3 Å². The van der Waals surface area contributed by atoms with E-state index in [9.17, 15) is 0 Å². The zero-order chi connectivity index (χ0) is 13.7. The third kappa shape index (κ3) is 3.14. The summed E-state index contributed by atoms with van der Waals surface area (Å²) in [7, 11) is 1.67. The first-order valence-corrected chi connectivity index (χ1v) is 6.34. The van der Waals surface area contributed by atoms with E-state index in [0.717, 1.165) is 11.3 Å². The minimum atomic E-state index is 0.335. The summed E-state index contributed by atoms with van der Waals surface area (Å²) in [5, 5.41) is 8.66. The van der Waals surface area contributed by atoms with Crippen molar-refractivity contribution in [3.05, 3.63) is 65.2 Å². The van der Waals surface area contributed by atoms with Crippen LogP contribution in [0, 0.1) is 11.3 Å². The predicted molar refractivity (Wildman–Crippen MR) is 76.3 cm³/mol. The molecule has 0 amide bonds. The Morgan fingerprint density at radius 3 is 2.00 bits per heavy atom. The van der Waals surface area contributed by atoms with E-state index in [1.54, 1.807) is 7.11 Å². The number of methoxy groups -OCH3 is 1. The van der Waals surface area contributed by atoms with Gasteiger partial charge >= 0.3 is 0 Å². The van der Waals surface area contributed by atoms with Crippen LogP contribution in [0.2, 0.25) is 0 Å². The van der Waals surface area contributed by atoms with Gasteiger partial charge in [-0.2, -0.15) is 5.26 Å². The Bertz CT molecular complexity index is 564. The minimum absolute atomic E-state index is 0.335. The topological polar surface area (TPSA) is 33.0 Å². The highest BCUT2D eigenvalue weighted by Gasteiger charge is 2.08. The van der Waals surface area contributed by atoms with Gasteiger partial charge in [0, 0.05) is 5.92 Å². The standard InChI is InChI=1S/C17H17NO/c1-13(16-7-9-17(19-2)10-8-16)15-5-3-14(4-6-15)11-12-18/h3-10,13H,11H2,1-2H3. The van der Waals surface area contributed by atoms with E-state index < -0.39 is 0 Å². The molecule has 0 aromatic heterocycles. The summed E-state index contributed by atoms with van der Waals surface area (Å²) in [5.41, 5.74) is 3.58. The summed E-state index contributed by atoms with van der Waals surface area (Å²) in [4.78, 5) is 0. The van der Waals surface area contributed by atoms with Crippen molar-refractivity contribution in [1.82, 2.24) is 0 Å². The molecule has 0 fully saturated rings. The van der Waals surface area contributed by atoms with Crippen molar-refractivity contribution in [2.24, 2.45) is 0 Å². The highest BCUT2D eigenvalue weighted by molar-refractivity contribution is 5.36. The van der Waals surface area contributed by atoms with Crippen molar-refractivity contribution in [3.63, 3.8) is 0 Å². The molecule has 0 bridgehead atoms. The molecule has 1 atom stereocenters. The molecule has 0 heterocycles. The molecule has 0 N–H and O–H groups in total. The summed E-state index contributed by atoms with van der Waals surface area (Å²) < 4.78 is 5.17. The van der Waals surface area contributed by atoms with Gasteiger partial charge < -0.3 is 4.74 Å². The van der Waals surface area contributed by atoms with Crippen LogP contribution in [-0.2, 0) is 6.42 Å². The Kier molecular flexibility index (Phi) is 4.20. The van der Waals surface area contributed by atoms with Crippen molar-refractivity contribution >= 4 is 0 Å². The van der Waals surface area contributed by atoms with Crippen LogP contribution >= 0.6 is 0 Å². The summed E-state index contributed by atoms with van der Waals surface area (Å²) in [5.74, 6) is 1.21. The van der Waals surface area contributed by atoms with E-state index in [0.29, 0.717) is 12.3 Å². The molecular weight excluding hydrogens is 234 g/mol. The molecule has 0 spiro atoms. The second-order valence-corrected chi connectivity index (χ2v) is 4.57. The second-order valence-electron chi connectivity index (χ2n) is 4.57. The highest BCUT2D eigenvalue weighted by Crippen LogP contribution is 2.26. The van der Waals surface area contributed by atoms with Crippen molar-refractivity contribution in [2.75, 3.05) is 7.11 Å². The van der Waals surface area contributed by atoms with Gasteiger partial charge in [0.2, 0.25) is 0 Å². The fourth-order valence-corrected chi connectivity index (χ4v) is 2.10. The van der Waals surface area contributed by atoms with Crippen LogP contribution in [0.4, 0.5) is 0 Å². The lowest BCUT2D eigenvalue weighted by molar-refractivity contribution is 0.414. The summed E-state index contributed by atoms with van der Waals surface area (Å²) in [6, 6.07) is 18.6. The molecule has 0 saturated heterocycles. The van der Waals surface area contributed by atoms with E-state index in [1.165, 1.54) is 11.1 Å². The van der Waals surface area contributed by atoms with Crippen molar-refractivity contribution < 1.29 is 4.74 Å². The molecule has 2 nitrogen and oxygen atoms in total. The van der Waals surface area contributed by atoms with Crippen molar-refractivity contribution in [3.8, 4) is 11.8 Å². The predicted octanol–water partition coefficient (Wildman–Crippen LogP) is 3.91. The van der Waals surface area contributed by atoms with E-state index in [4.69, 9.17) is 10.00 Å². The van der Waals surface area contributed by atoms with Crippen LogP contribution in [0.1, 0.15) is 29.5 Å². The summed E-state index contributed by atoms with van der Waals surface area (Å²) >= 11 is 0. The summed E-state index contributed by atoms with van der Waals surface area (Å²) in [6.45, 7) is 2.18. The Labute approximate surface area is 114 Å². The number of hydrogen-bond acceptors (Lipinski definition) is 2. The Morgan fingerprint density at radius 2 is 1.53 bits per heavy atom. The maximum absolute atomic E-state index is 8.66. The fourth-order valence-electron chi connectivity index (χ4n) is 2.10. The molecule has 2 aromatic carbocycles. The van der Waals surface area contributed by atoms with Gasteiger partial charge in [-0.3, -0.25) is 0 Å². The van der Waals surface area contributed by atoms with Crippen LogP contribution in [0.3, 0.4) is 0 Å². The first kappa shape index (κ1) is 13.2. The Hall–Kier alpha value is -2.27. The van der Waals surface area contributed by atoms with Gasteiger partial charge in [0.15, 0.2) is 0 Å². The normalized spacial score (nSPS) is 11.6. The first-order valence-electron chi connectivity index (χ1n) is 6.34. The molecule has 2 rings (SSSR count).